The summed E-state index contributed by atoms with van der Waals surface area (Å²) in [6, 6.07) is 0. The molecule has 0 saturated carbocycles. The first-order valence-electron chi connectivity index (χ1n) is 7.45. The molecule has 0 rings (SSSR count). The molecule has 0 aromatic carbocycles. The lowest BCUT2D eigenvalue weighted by molar-refractivity contribution is 0.0658. The van der Waals surface area contributed by atoms with Crippen LogP contribution in [-0.2, 0) is 3.79 Å². The van der Waals surface area contributed by atoms with Crippen LogP contribution in [0, 0.1) is 5.41 Å². The molecule has 0 aromatic heterocycles. The van der Waals surface area contributed by atoms with Crippen LogP contribution in [0.3, 0.4) is 0 Å². The van der Waals surface area contributed by atoms with E-state index in [1.54, 1.807) is 0 Å². The van der Waals surface area contributed by atoms with E-state index in [0.717, 1.165) is 0 Å². The Morgan fingerprint density at radius 2 is 1.22 bits per heavy atom. The Hall–Kier alpha value is 0.492. The summed E-state index contributed by atoms with van der Waals surface area (Å²) in [5, 5.41) is 0. The monoisotopic (exact) mass is 270 g/mol. The summed E-state index contributed by atoms with van der Waals surface area (Å²) in [4.78, 5) is 0. The average molecular weight is 270 g/mol. The van der Waals surface area contributed by atoms with E-state index in [9.17, 15) is 0 Å². The average Bonchev–Trinajstić information content (AvgIpc) is 2.05. The minimum absolute atomic E-state index is 0.248. The molecule has 2 heteroatoms. The van der Waals surface area contributed by atoms with E-state index >= 15 is 0 Å². The van der Waals surface area contributed by atoms with Gasteiger partial charge in [-0.2, -0.15) is 0 Å². The smallest absolute Gasteiger partial charge is 0.472 e. The van der Waals surface area contributed by atoms with Gasteiger partial charge in [-0.3, -0.25) is 0 Å². The summed E-state index contributed by atoms with van der Waals surface area (Å²) in [5.74, 6) is 0. The SMILES string of the molecule is CCCC([O][Al]([C](C)(C)C)[C](C)(C)C)C(C)(C)C. The van der Waals surface area contributed by atoms with Gasteiger partial charge in [0.15, 0.2) is 0 Å². The molecule has 1 atom stereocenters. The van der Waals surface area contributed by atoms with Crippen molar-refractivity contribution in [2.24, 2.45) is 5.41 Å². The maximum absolute atomic E-state index is 6.72. The van der Waals surface area contributed by atoms with E-state index in [0.29, 0.717) is 14.7 Å². The summed E-state index contributed by atoms with van der Waals surface area (Å²) >= 11 is -1.30. The first kappa shape index (κ1) is 18.5. The van der Waals surface area contributed by atoms with Gasteiger partial charge in [0.05, 0.1) is 0 Å². The Bertz CT molecular complexity index is 225. The van der Waals surface area contributed by atoms with Crippen molar-refractivity contribution < 1.29 is 3.79 Å². The molecule has 0 aliphatic rings. The Morgan fingerprint density at radius 3 is 1.44 bits per heavy atom. The molecule has 1 nitrogen and oxygen atoms in total. The first-order chi connectivity index (χ1) is 7.80. The van der Waals surface area contributed by atoms with Crippen LogP contribution >= 0.6 is 0 Å². The summed E-state index contributed by atoms with van der Waals surface area (Å²) in [6.07, 6.45) is 2.79. The van der Waals surface area contributed by atoms with Crippen LogP contribution in [0.15, 0.2) is 0 Å². The normalized spacial score (nSPS) is 15.7. The zero-order valence-corrected chi connectivity index (χ0v) is 15.6. The standard InChI is InChI=1S/C8H17O.2C4H9.Al/c1-5-6-7(9)8(2,3)4;2*1-4(2)3;/h7H,5-6H2,1-4H3;2*1-3H3;/q-1;;;+1. The zero-order valence-electron chi connectivity index (χ0n) is 14.5. The third-order valence-electron chi connectivity index (χ3n) is 3.39. The van der Waals surface area contributed by atoms with E-state index in [-0.39, 0.29) is 5.41 Å². The van der Waals surface area contributed by atoms with Crippen LogP contribution in [0.4, 0.5) is 0 Å². The highest BCUT2D eigenvalue weighted by Crippen LogP contribution is 2.44. The Kier molecular flexibility index (Phi) is 6.47. The fraction of sp³-hybridized carbons (Fsp3) is 1.00. The minimum Gasteiger partial charge on any atom is -0.497 e. The van der Waals surface area contributed by atoms with Crippen LogP contribution in [0.2, 0.25) is 8.55 Å². The maximum Gasteiger partial charge on any atom is 0.472 e. The minimum atomic E-state index is -1.30. The Morgan fingerprint density at radius 1 is 0.833 bits per heavy atom. The molecule has 0 bridgehead atoms. The van der Waals surface area contributed by atoms with Gasteiger partial charge in [-0.15, -0.1) is 0 Å². The third-order valence-corrected chi connectivity index (χ3v) is 7.14. The van der Waals surface area contributed by atoms with Crippen molar-refractivity contribution in [3.63, 3.8) is 0 Å². The quantitative estimate of drug-likeness (QED) is 0.586. The lowest BCUT2D eigenvalue weighted by Crippen LogP contribution is -2.44. The molecule has 0 heterocycles. The van der Waals surface area contributed by atoms with Gasteiger partial charge < -0.3 is 3.79 Å². The Balaban J connectivity index is 5.06. The Labute approximate surface area is 120 Å². The lowest BCUT2D eigenvalue weighted by Gasteiger charge is -2.42. The summed E-state index contributed by atoms with van der Waals surface area (Å²) < 4.78 is 7.35. The van der Waals surface area contributed by atoms with Gasteiger partial charge in [-0.25, -0.2) is 0 Å². The molecular formula is C16H35AlO. The molecule has 0 aromatic rings. The molecule has 0 N–H and O–H groups in total. The predicted octanol–water partition coefficient (Wildman–Crippen LogP) is 5.81. The molecule has 0 aliphatic carbocycles. The highest BCUT2D eigenvalue weighted by Gasteiger charge is 2.47. The maximum atomic E-state index is 6.72. The topological polar surface area (TPSA) is 9.23 Å². The largest absolute Gasteiger partial charge is 0.497 e. The second kappa shape index (κ2) is 6.29. The summed E-state index contributed by atoms with van der Waals surface area (Å²) in [7, 11) is 0. The van der Waals surface area contributed by atoms with Crippen molar-refractivity contribution in [1.82, 2.24) is 0 Å². The second-order valence-electron chi connectivity index (χ2n) is 8.89. The number of hydrogen-bond donors (Lipinski definition) is 0. The van der Waals surface area contributed by atoms with E-state index in [1.165, 1.54) is 12.8 Å². The van der Waals surface area contributed by atoms with Gasteiger partial charge in [0.1, 0.15) is 0 Å². The molecule has 0 spiro atoms. The predicted molar refractivity (Wildman–Crippen MR) is 84.4 cm³/mol. The van der Waals surface area contributed by atoms with Crippen LogP contribution < -0.4 is 0 Å². The van der Waals surface area contributed by atoms with Crippen molar-refractivity contribution >= 4 is 14.5 Å². The van der Waals surface area contributed by atoms with Gasteiger partial charge in [0.25, 0.3) is 0 Å². The van der Waals surface area contributed by atoms with Gasteiger partial charge >= 0.3 is 14.5 Å². The molecule has 0 radical (unpaired) electrons. The molecule has 18 heavy (non-hydrogen) atoms. The van der Waals surface area contributed by atoms with Crippen molar-refractivity contribution in [2.45, 2.75) is 96.7 Å². The van der Waals surface area contributed by atoms with E-state index in [1.807, 2.05) is 0 Å². The number of rotatable bonds is 4. The summed E-state index contributed by atoms with van der Waals surface area (Å²) in [5.41, 5.74) is 0.248. The van der Waals surface area contributed by atoms with Gasteiger partial charge in [-0.05, 0) is 11.8 Å². The summed E-state index contributed by atoms with van der Waals surface area (Å²) in [6.45, 7) is 23.3. The number of hydrogen-bond acceptors (Lipinski definition) is 1. The second-order valence-corrected chi connectivity index (χ2v) is 13.4. The van der Waals surface area contributed by atoms with Crippen molar-refractivity contribution in [2.75, 3.05) is 0 Å². The van der Waals surface area contributed by atoms with Gasteiger partial charge in [0.2, 0.25) is 0 Å². The molecule has 1 unspecified atom stereocenters. The highest BCUT2D eigenvalue weighted by molar-refractivity contribution is 6.58. The van der Waals surface area contributed by atoms with Crippen LogP contribution in [-0.4, -0.2) is 20.6 Å². The molecule has 108 valence electrons. The van der Waals surface area contributed by atoms with Crippen LogP contribution in [0.1, 0.15) is 82.1 Å². The van der Waals surface area contributed by atoms with Crippen molar-refractivity contribution in [1.29, 1.82) is 0 Å². The molecule has 0 aliphatic heterocycles. The fourth-order valence-electron chi connectivity index (χ4n) is 2.84. The molecular weight excluding hydrogens is 235 g/mol. The third kappa shape index (κ3) is 6.09. The first-order valence-corrected chi connectivity index (χ1v) is 9.08. The lowest BCUT2D eigenvalue weighted by atomic mass is 9.87. The van der Waals surface area contributed by atoms with E-state index < -0.39 is 14.5 Å². The zero-order chi connectivity index (χ0) is 14.8. The van der Waals surface area contributed by atoms with E-state index in [2.05, 4.69) is 69.2 Å². The van der Waals surface area contributed by atoms with E-state index in [4.69, 9.17) is 3.79 Å². The molecule has 0 amide bonds. The van der Waals surface area contributed by atoms with Gasteiger partial charge in [0, 0.05) is 6.10 Å². The molecule has 0 saturated heterocycles. The van der Waals surface area contributed by atoms with Crippen LogP contribution in [0.5, 0.6) is 0 Å². The van der Waals surface area contributed by atoms with Crippen molar-refractivity contribution in [3.8, 4) is 0 Å². The van der Waals surface area contributed by atoms with Gasteiger partial charge in [-0.1, -0.05) is 84.2 Å². The van der Waals surface area contributed by atoms with Crippen LogP contribution in [0.25, 0.3) is 0 Å². The fourth-order valence-corrected chi connectivity index (χ4v) is 7.13. The van der Waals surface area contributed by atoms with Crippen molar-refractivity contribution in [3.05, 3.63) is 0 Å². The highest BCUT2D eigenvalue weighted by atomic mass is 27.2. The molecule has 0 fully saturated rings.